The van der Waals surface area contributed by atoms with Crippen LogP contribution in [0.5, 0.6) is 0 Å². The number of aromatic nitrogens is 2. The zero-order valence-corrected chi connectivity index (χ0v) is 11.8. The lowest BCUT2D eigenvalue weighted by atomic mass is 10.1. The predicted octanol–water partition coefficient (Wildman–Crippen LogP) is 3.00. The Morgan fingerprint density at radius 1 is 1.15 bits per heavy atom. The molecule has 0 spiro atoms. The van der Waals surface area contributed by atoms with Crippen LogP contribution in [0.2, 0.25) is 0 Å². The van der Waals surface area contributed by atoms with Crippen LogP contribution >= 0.6 is 0 Å². The monoisotopic (exact) mass is 269 g/mol. The minimum Gasteiger partial charge on any atom is -0.340 e. The van der Waals surface area contributed by atoms with Gasteiger partial charge < -0.3 is 10.7 Å². The molecule has 0 bridgehead atoms. The van der Waals surface area contributed by atoms with Gasteiger partial charge in [0.15, 0.2) is 0 Å². The van der Waals surface area contributed by atoms with E-state index in [0.717, 1.165) is 30.2 Å². The van der Waals surface area contributed by atoms with Crippen molar-refractivity contribution in [2.75, 3.05) is 10.7 Å². The van der Waals surface area contributed by atoms with Gasteiger partial charge in [0.05, 0.1) is 0 Å². The van der Waals surface area contributed by atoms with Crippen molar-refractivity contribution in [3.8, 4) is 0 Å². The molecule has 1 aromatic heterocycles. The molecule has 1 aliphatic rings. The summed E-state index contributed by atoms with van der Waals surface area (Å²) in [7, 11) is 0. The van der Waals surface area contributed by atoms with E-state index in [9.17, 15) is 0 Å². The van der Waals surface area contributed by atoms with Crippen LogP contribution in [0.1, 0.15) is 35.7 Å². The predicted molar refractivity (Wildman–Crippen MR) is 81.0 cm³/mol. The Bertz CT molecular complexity index is 634. The lowest BCUT2D eigenvalue weighted by molar-refractivity contribution is 0.929. The highest BCUT2D eigenvalue weighted by molar-refractivity contribution is 5.63. The Labute approximate surface area is 118 Å². The fraction of sp³-hybridized carbons (Fsp3) is 0.333. The summed E-state index contributed by atoms with van der Waals surface area (Å²) in [5.41, 5.74) is 6.15. The van der Waals surface area contributed by atoms with Crippen LogP contribution in [0.4, 0.5) is 17.3 Å². The van der Waals surface area contributed by atoms with Crippen LogP contribution in [0.25, 0.3) is 0 Å². The Morgan fingerprint density at radius 3 is 2.60 bits per heavy atom. The van der Waals surface area contributed by atoms with Crippen molar-refractivity contribution in [2.45, 2.75) is 32.6 Å². The van der Waals surface area contributed by atoms with Crippen molar-refractivity contribution >= 4 is 17.3 Å². The Kier molecular flexibility index (Phi) is 3.28. The molecule has 1 saturated carbocycles. The zero-order valence-electron chi connectivity index (χ0n) is 11.8. The van der Waals surface area contributed by atoms with E-state index in [1.165, 1.54) is 11.1 Å². The molecule has 0 saturated heterocycles. The van der Waals surface area contributed by atoms with Gasteiger partial charge >= 0.3 is 0 Å². The van der Waals surface area contributed by atoms with Crippen molar-refractivity contribution in [1.29, 1.82) is 0 Å². The average Bonchev–Trinajstić information content (AvgIpc) is 3.28. The molecule has 2 aromatic rings. The van der Waals surface area contributed by atoms with Gasteiger partial charge in [-0.25, -0.2) is 15.8 Å². The second kappa shape index (κ2) is 5.09. The molecule has 5 heteroatoms. The molecular formula is C15H19N5. The number of benzene rings is 1. The number of nitrogens with one attached hydrogen (secondary N) is 2. The van der Waals surface area contributed by atoms with Crippen LogP contribution < -0.4 is 16.6 Å². The van der Waals surface area contributed by atoms with Crippen molar-refractivity contribution in [3.63, 3.8) is 0 Å². The van der Waals surface area contributed by atoms with Gasteiger partial charge in [-0.1, -0.05) is 12.1 Å². The Hall–Kier alpha value is -2.14. The van der Waals surface area contributed by atoms with Crippen molar-refractivity contribution in [1.82, 2.24) is 9.97 Å². The summed E-state index contributed by atoms with van der Waals surface area (Å²) >= 11 is 0. The number of nitrogen functional groups attached to an aromatic ring is 1. The second-order valence-corrected chi connectivity index (χ2v) is 5.29. The standard InChI is InChI=1S/C15H19N5/c1-9-4-3-5-12(10(9)2)17-13-8-14(20-16)19-15(18-13)11-6-7-11/h3-5,8,11H,6-7,16H2,1-2H3,(H2,17,18,19,20). The van der Waals surface area contributed by atoms with Crippen molar-refractivity contribution in [3.05, 3.63) is 41.2 Å². The highest BCUT2D eigenvalue weighted by Crippen LogP contribution is 2.39. The first-order chi connectivity index (χ1) is 9.67. The lowest BCUT2D eigenvalue weighted by Crippen LogP contribution is -2.11. The number of hydrogen-bond donors (Lipinski definition) is 3. The molecule has 0 radical (unpaired) electrons. The third kappa shape index (κ3) is 2.58. The molecule has 20 heavy (non-hydrogen) atoms. The molecule has 0 aliphatic heterocycles. The zero-order chi connectivity index (χ0) is 14.1. The summed E-state index contributed by atoms with van der Waals surface area (Å²) in [5.74, 6) is 8.27. The first kappa shape index (κ1) is 12.9. The highest BCUT2D eigenvalue weighted by atomic mass is 15.3. The average molecular weight is 269 g/mol. The smallest absolute Gasteiger partial charge is 0.145 e. The maximum atomic E-state index is 5.49. The SMILES string of the molecule is Cc1cccc(Nc2cc(NN)nc(C3CC3)n2)c1C. The van der Waals surface area contributed by atoms with Gasteiger partial charge in [-0.3, -0.25) is 0 Å². The molecule has 1 aromatic carbocycles. The van der Waals surface area contributed by atoms with Crippen LogP contribution in [0.3, 0.4) is 0 Å². The molecule has 1 heterocycles. The third-order valence-electron chi connectivity index (χ3n) is 3.70. The topological polar surface area (TPSA) is 75.9 Å². The maximum absolute atomic E-state index is 5.49. The lowest BCUT2D eigenvalue weighted by Gasteiger charge is -2.12. The number of nitrogens with zero attached hydrogens (tertiary/aromatic N) is 2. The Balaban J connectivity index is 1.93. The van der Waals surface area contributed by atoms with E-state index in [2.05, 4.69) is 46.7 Å². The molecule has 5 nitrogen and oxygen atoms in total. The minimum atomic E-state index is 0.488. The van der Waals surface area contributed by atoms with Crippen molar-refractivity contribution in [2.24, 2.45) is 5.84 Å². The van der Waals surface area contributed by atoms with Gasteiger partial charge in [0.25, 0.3) is 0 Å². The fourth-order valence-corrected chi connectivity index (χ4v) is 2.15. The largest absolute Gasteiger partial charge is 0.340 e. The number of rotatable bonds is 4. The number of hydrazine groups is 1. The fourth-order valence-electron chi connectivity index (χ4n) is 2.15. The highest BCUT2D eigenvalue weighted by Gasteiger charge is 2.27. The van der Waals surface area contributed by atoms with E-state index in [1.807, 2.05) is 12.1 Å². The summed E-state index contributed by atoms with van der Waals surface area (Å²) in [6, 6.07) is 8.02. The molecular weight excluding hydrogens is 250 g/mol. The van der Waals surface area contributed by atoms with Crippen LogP contribution in [-0.2, 0) is 0 Å². The molecule has 0 amide bonds. The van der Waals surface area contributed by atoms with Gasteiger partial charge in [-0.15, -0.1) is 0 Å². The number of anilines is 3. The molecule has 1 aliphatic carbocycles. The van der Waals surface area contributed by atoms with E-state index in [0.29, 0.717) is 11.7 Å². The van der Waals surface area contributed by atoms with Gasteiger partial charge in [0, 0.05) is 17.7 Å². The van der Waals surface area contributed by atoms with Gasteiger partial charge in [-0.05, 0) is 43.9 Å². The molecule has 0 atom stereocenters. The molecule has 4 N–H and O–H groups in total. The van der Waals surface area contributed by atoms with Crippen LogP contribution in [0, 0.1) is 13.8 Å². The summed E-state index contributed by atoms with van der Waals surface area (Å²) in [6.07, 6.45) is 2.33. The van der Waals surface area contributed by atoms with E-state index < -0.39 is 0 Å². The van der Waals surface area contributed by atoms with E-state index in [-0.39, 0.29) is 0 Å². The van der Waals surface area contributed by atoms with Gasteiger partial charge in [0.1, 0.15) is 17.5 Å². The number of nitrogens with two attached hydrogens (primary N) is 1. The Morgan fingerprint density at radius 2 is 1.90 bits per heavy atom. The van der Waals surface area contributed by atoms with E-state index >= 15 is 0 Å². The molecule has 0 unspecified atom stereocenters. The summed E-state index contributed by atoms with van der Waals surface area (Å²) in [5, 5.41) is 3.36. The van der Waals surface area contributed by atoms with E-state index in [4.69, 9.17) is 5.84 Å². The normalized spacial score (nSPS) is 14.2. The van der Waals surface area contributed by atoms with Crippen LogP contribution in [-0.4, -0.2) is 9.97 Å². The second-order valence-electron chi connectivity index (χ2n) is 5.29. The van der Waals surface area contributed by atoms with Crippen LogP contribution in [0.15, 0.2) is 24.3 Å². The van der Waals surface area contributed by atoms with E-state index in [1.54, 1.807) is 0 Å². The first-order valence-electron chi connectivity index (χ1n) is 6.86. The van der Waals surface area contributed by atoms with Gasteiger partial charge in [-0.2, -0.15) is 0 Å². The molecule has 3 rings (SSSR count). The summed E-state index contributed by atoms with van der Waals surface area (Å²) in [4.78, 5) is 9.00. The summed E-state index contributed by atoms with van der Waals surface area (Å²) in [6.45, 7) is 4.20. The quantitative estimate of drug-likeness (QED) is 0.587. The first-order valence-corrected chi connectivity index (χ1v) is 6.86. The third-order valence-corrected chi connectivity index (χ3v) is 3.70. The van der Waals surface area contributed by atoms with Crippen molar-refractivity contribution < 1.29 is 0 Å². The number of aryl methyl sites for hydroxylation is 1. The number of hydrogen-bond acceptors (Lipinski definition) is 5. The molecule has 104 valence electrons. The maximum Gasteiger partial charge on any atom is 0.145 e. The van der Waals surface area contributed by atoms with Gasteiger partial charge in [0.2, 0.25) is 0 Å². The summed E-state index contributed by atoms with van der Waals surface area (Å²) < 4.78 is 0. The minimum absolute atomic E-state index is 0.488. The molecule has 1 fully saturated rings.